The van der Waals surface area contributed by atoms with Gasteiger partial charge in [0.1, 0.15) is 5.69 Å². The molecule has 0 atom stereocenters. The van der Waals surface area contributed by atoms with Gasteiger partial charge in [-0.3, -0.25) is 4.79 Å². The van der Waals surface area contributed by atoms with Crippen molar-refractivity contribution in [1.29, 1.82) is 0 Å². The van der Waals surface area contributed by atoms with Gasteiger partial charge in [-0.25, -0.2) is 13.6 Å². The van der Waals surface area contributed by atoms with Crippen molar-refractivity contribution in [1.82, 2.24) is 4.57 Å². The van der Waals surface area contributed by atoms with Gasteiger partial charge in [0, 0.05) is 24.0 Å². The number of anilines is 1. The van der Waals surface area contributed by atoms with Gasteiger partial charge in [-0.2, -0.15) is 0 Å². The standard InChI is InChI=1S/C23H22F2N2O3/c1-4-30-23(29)21-14(2)20(15(3)27(21)13-16-8-6-5-7-9-16)22(28)26-17-10-11-18(24)19(25)12-17/h5-12H,4,13H2,1-3H3,(H,26,28). The zero-order valence-corrected chi connectivity index (χ0v) is 17.0. The van der Waals surface area contributed by atoms with E-state index in [2.05, 4.69) is 5.32 Å². The van der Waals surface area contributed by atoms with Crippen molar-refractivity contribution in [3.63, 3.8) is 0 Å². The van der Waals surface area contributed by atoms with Gasteiger partial charge in [-0.1, -0.05) is 30.3 Å². The van der Waals surface area contributed by atoms with Crippen LogP contribution in [0.3, 0.4) is 0 Å². The highest BCUT2D eigenvalue weighted by Crippen LogP contribution is 2.26. The molecule has 30 heavy (non-hydrogen) atoms. The molecular weight excluding hydrogens is 390 g/mol. The van der Waals surface area contributed by atoms with E-state index in [-0.39, 0.29) is 18.0 Å². The summed E-state index contributed by atoms with van der Waals surface area (Å²) in [6.07, 6.45) is 0. The number of halogens is 2. The fourth-order valence-electron chi connectivity index (χ4n) is 3.42. The van der Waals surface area contributed by atoms with Crippen LogP contribution in [-0.2, 0) is 11.3 Å². The second-order valence-corrected chi connectivity index (χ2v) is 6.81. The Balaban J connectivity index is 2.03. The number of hydrogen-bond donors (Lipinski definition) is 1. The molecule has 3 rings (SSSR count). The Labute approximate surface area is 173 Å². The minimum atomic E-state index is -1.06. The summed E-state index contributed by atoms with van der Waals surface area (Å²) in [5.74, 6) is -3.11. The topological polar surface area (TPSA) is 60.3 Å². The highest BCUT2D eigenvalue weighted by atomic mass is 19.2. The van der Waals surface area contributed by atoms with Crippen LogP contribution >= 0.6 is 0 Å². The van der Waals surface area contributed by atoms with Crippen molar-refractivity contribution < 1.29 is 23.1 Å². The predicted molar refractivity (Wildman–Crippen MR) is 110 cm³/mol. The number of amides is 1. The minimum Gasteiger partial charge on any atom is -0.461 e. The lowest BCUT2D eigenvalue weighted by molar-refractivity contribution is 0.0513. The summed E-state index contributed by atoms with van der Waals surface area (Å²) in [6, 6.07) is 12.6. The summed E-state index contributed by atoms with van der Waals surface area (Å²) in [5.41, 5.74) is 2.67. The predicted octanol–water partition coefficient (Wildman–Crippen LogP) is 4.86. The fourth-order valence-corrected chi connectivity index (χ4v) is 3.42. The monoisotopic (exact) mass is 412 g/mol. The summed E-state index contributed by atoms with van der Waals surface area (Å²) in [5, 5.41) is 2.57. The molecule has 0 saturated carbocycles. The third-order valence-electron chi connectivity index (χ3n) is 4.82. The van der Waals surface area contributed by atoms with Crippen molar-refractivity contribution in [3.05, 3.63) is 88.2 Å². The van der Waals surface area contributed by atoms with Crippen molar-refractivity contribution >= 4 is 17.6 Å². The van der Waals surface area contributed by atoms with Gasteiger partial charge in [0.05, 0.1) is 12.2 Å². The molecule has 0 fully saturated rings. The average molecular weight is 412 g/mol. The highest BCUT2D eigenvalue weighted by Gasteiger charge is 2.27. The zero-order valence-electron chi connectivity index (χ0n) is 17.0. The number of nitrogens with zero attached hydrogens (tertiary/aromatic N) is 1. The van der Waals surface area contributed by atoms with E-state index in [1.807, 2.05) is 30.3 Å². The second kappa shape index (κ2) is 8.90. The molecule has 0 aliphatic rings. The molecule has 0 aliphatic carbocycles. The summed E-state index contributed by atoms with van der Waals surface area (Å²) in [7, 11) is 0. The smallest absolute Gasteiger partial charge is 0.355 e. The summed E-state index contributed by atoms with van der Waals surface area (Å²) < 4.78 is 33.6. The zero-order chi connectivity index (χ0) is 21.8. The number of rotatable bonds is 6. The van der Waals surface area contributed by atoms with E-state index in [1.54, 1.807) is 25.3 Å². The third kappa shape index (κ3) is 4.25. The van der Waals surface area contributed by atoms with E-state index in [9.17, 15) is 18.4 Å². The van der Waals surface area contributed by atoms with E-state index >= 15 is 0 Å². The number of nitrogens with one attached hydrogen (secondary N) is 1. The Morgan fingerprint density at radius 2 is 1.73 bits per heavy atom. The number of carbonyl (C=O) groups is 2. The van der Waals surface area contributed by atoms with Crippen LogP contribution in [0.15, 0.2) is 48.5 Å². The van der Waals surface area contributed by atoms with Gasteiger partial charge in [0.15, 0.2) is 11.6 Å². The van der Waals surface area contributed by atoms with E-state index in [0.29, 0.717) is 23.4 Å². The van der Waals surface area contributed by atoms with Gasteiger partial charge in [-0.05, 0) is 44.0 Å². The van der Waals surface area contributed by atoms with Crippen LogP contribution in [0.5, 0.6) is 0 Å². The first-order valence-corrected chi connectivity index (χ1v) is 9.50. The molecule has 3 aromatic rings. The van der Waals surface area contributed by atoms with E-state index in [1.165, 1.54) is 6.07 Å². The molecule has 0 spiro atoms. The molecule has 0 saturated heterocycles. The van der Waals surface area contributed by atoms with Gasteiger partial charge in [0.2, 0.25) is 0 Å². The lowest BCUT2D eigenvalue weighted by Gasteiger charge is -2.12. The molecule has 0 aliphatic heterocycles. The maximum absolute atomic E-state index is 13.5. The minimum absolute atomic E-state index is 0.117. The molecule has 5 nitrogen and oxygen atoms in total. The maximum atomic E-state index is 13.5. The fraction of sp³-hybridized carbons (Fsp3) is 0.217. The molecule has 1 aromatic heterocycles. The normalized spacial score (nSPS) is 10.7. The molecular formula is C23H22F2N2O3. The number of esters is 1. The van der Waals surface area contributed by atoms with Crippen molar-refractivity contribution in [2.45, 2.75) is 27.3 Å². The molecule has 1 amide bonds. The van der Waals surface area contributed by atoms with Crippen LogP contribution in [0.1, 0.15) is 44.6 Å². The maximum Gasteiger partial charge on any atom is 0.355 e. The Bertz CT molecular complexity index is 1090. The largest absolute Gasteiger partial charge is 0.461 e. The van der Waals surface area contributed by atoms with Crippen molar-refractivity contribution in [3.8, 4) is 0 Å². The van der Waals surface area contributed by atoms with E-state index in [4.69, 9.17) is 4.74 Å². The Hall–Kier alpha value is -3.48. The lowest BCUT2D eigenvalue weighted by Crippen LogP contribution is -2.15. The summed E-state index contributed by atoms with van der Waals surface area (Å²) >= 11 is 0. The molecule has 0 bridgehead atoms. The van der Waals surface area contributed by atoms with Gasteiger partial charge < -0.3 is 14.6 Å². The molecule has 1 heterocycles. The second-order valence-electron chi connectivity index (χ2n) is 6.81. The van der Waals surface area contributed by atoms with E-state index < -0.39 is 23.5 Å². The SMILES string of the molecule is CCOC(=O)c1c(C)c(C(=O)Nc2ccc(F)c(F)c2)c(C)n1Cc1ccccc1. The van der Waals surface area contributed by atoms with Crippen molar-refractivity contribution in [2.75, 3.05) is 11.9 Å². The summed E-state index contributed by atoms with van der Waals surface area (Å²) in [6.45, 7) is 5.69. The third-order valence-corrected chi connectivity index (χ3v) is 4.82. The van der Waals surface area contributed by atoms with Gasteiger partial charge >= 0.3 is 5.97 Å². The number of carbonyl (C=O) groups excluding carboxylic acids is 2. The van der Waals surface area contributed by atoms with E-state index in [0.717, 1.165) is 17.7 Å². The highest BCUT2D eigenvalue weighted by molar-refractivity contribution is 6.08. The average Bonchev–Trinajstić information content (AvgIpc) is 2.95. The van der Waals surface area contributed by atoms with Crippen LogP contribution in [-0.4, -0.2) is 23.1 Å². The first-order valence-electron chi connectivity index (χ1n) is 9.50. The first-order chi connectivity index (χ1) is 14.3. The molecule has 0 unspecified atom stereocenters. The van der Waals surface area contributed by atoms with Gasteiger partial charge in [-0.15, -0.1) is 0 Å². The quantitative estimate of drug-likeness (QED) is 0.588. The van der Waals surface area contributed by atoms with Gasteiger partial charge in [0.25, 0.3) is 5.91 Å². The number of hydrogen-bond acceptors (Lipinski definition) is 3. The van der Waals surface area contributed by atoms with Crippen LogP contribution in [0.4, 0.5) is 14.5 Å². The molecule has 2 aromatic carbocycles. The van der Waals surface area contributed by atoms with Crippen LogP contribution < -0.4 is 5.32 Å². The summed E-state index contributed by atoms with van der Waals surface area (Å²) in [4.78, 5) is 25.6. The molecule has 156 valence electrons. The lowest BCUT2D eigenvalue weighted by atomic mass is 10.1. The first kappa shape index (κ1) is 21.2. The number of aromatic nitrogens is 1. The Morgan fingerprint density at radius 3 is 2.37 bits per heavy atom. The number of benzene rings is 2. The molecule has 0 radical (unpaired) electrons. The molecule has 1 N–H and O–H groups in total. The van der Waals surface area contributed by atoms with Crippen LogP contribution in [0.25, 0.3) is 0 Å². The number of ether oxygens (including phenoxy) is 1. The van der Waals surface area contributed by atoms with Crippen LogP contribution in [0.2, 0.25) is 0 Å². The Morgan fingerprint density at radius 1 is 1.03 bits per heavy atom. The van der Waals surface area contributed by atoms with Crippen LogP contribution in [0, 0.1) is 25.5 Å². The Kier molecular flexibility index (Phi) is 6.30. The van der Waals surface area contributed by atoms with Crippen molar-refractivity contribution in [2.24, 2.45) is 0 Å². The molecule has 7 heteroatoms.